The van der Waals surface area contributed by atoms with E-state index in [1.165, 1.54) is 5.56 Å². The van der Waals surface area contributed by atoms with E-state index < -0.39 is 5.97 Å². The minimum absolute atomic E-state index is 0.0573. The van der Waals surface area contributed by atoms with E-state index in [9.17, 15) is 9.59 Å². The SMILES string of the molecule is CC(C)CCc1ccc(C(=O)NCCC(=O)O)cc1. The van der Waals surface area contributed by atoms with Crippen molar-refractivity contribution in [3.63, 3.8) is 0 Å². The van der Waals surface area contributed by atoms with Crippen molar-refractivity contribution in [3.05, 3.63) is 35.4 Å². The number of hydrogen-bond acceptors (Lipinski definition) is 2. The van der Waals surface area contributed by atoms with Crippen LogP contribution in [0.5, 0.6) is 0 Å². The fraction of sp³-hybridized carbons (Fsp3) is 0.467. The summed E-state index contributed by atoms with van der Waals surface area (Å²) in [4.78, 5) is 22.0. The molecule has 1 amide bonds. The molecule has 0 saturated carbocycles. The maximum absolute atomic E-state index is 11.7. The third-order valence-corrected chi connectivity index (χ3v) is 2.85. The maximum Gasteiger partial charge on any atom is 0.305 e. The van der Waals surface area contributed by atoms with Crippen molar-refractivity contribution in [2.24, 2.45) is 5.92 Å². The topological polar surface area (TPSA) is 66.4 Å². The lowest BCUT2D eigenvalue weighted by atomic mass is 10.0. The number of benzene rings is 1. The van der Waals surface area contributed by atoms with Gasteiger partial charge in [0.25, 0.3) is 5.91 Å². The van der Waals surface area contributed by atoms with Crippen LogP contribution in [0.25, 0.3) is 0 Å². The van der Waals surface area contributed by atoms with E-state index in [1.807, 2.05) is 12.1 Å². The molecule has 0 unspecified atom stereocenters. The lowest BCUT2D eigenvalue weighted by molar-refractivity contribution is -0.136. The van der Waals surface area contributed by atoms with Gasteiger partial charge in [-0.3, -0.25) is 9.59 Å². The molecule has 0 spiro atoms. The van der Waals surface area contributed by atoms with Gasteiger partial charge < -0.3 is 10.4 Å². The van der Waals surface area contributed by atoms with Gasteiger partial charge in [-0.1, -0.05) is 26.0 Å². The number of carboxylic acid groups (broad SMARTS) is 1. The summed E-state index contributed by atoms with van der Waals surface area (Å²) in [6.45, 7) is 4.53. The van der Waals surface area contributed by atoms with Crippen molar-refractivity contribution in [3.8, 4) is 0 Å². The van der Waals surface area contributed by atoms with Crippen LogP contribution in [0, 0.1) is 5.92 Å². The summed E-state index contributed by atoms with van der Waals surface area (Å²) in [6, 6.07) is 7.47. The van der Waals surface area contributed by atoms with Gasteiger partial charge in [-0.15, -0.1) is 0 Å². The zero-order valence-corrected chi connectivity index (χ0v) is 11.5. The Morgan fingerprint density at radius 1 is 1.21 bits per heavy atom. The minimum atomic E-state index is -0.913. The second-order valence-corrected chi connectivity index (χ2v) is 5.03. The summed E-state index contributed by atoms with van der Waals surface area (Å²) in [6.07, 6.45) is 2.08. The Labute approximate surface area is 113 Å². The molecule has 19 heavy (non-hydrogen) atoms. The van der Waals surface area contributed by atoms with E-state index in [0.29, 0.717) is 11.5 Å². The molecule has 1 rings (SSSR count). The molecule has 2 N–H and O–H groups in total. The summed E-state index contributed by atoms with van der Waals surface area (Å²) in [5.74, 6) is -0.472. The molecule has 0 aliphatic carbocycles. The molecule has 0 aliphatic heterocycles. The van der Waals surface area contributed by atoms with Gasteiger partial charge in [0.1, 0.15) is 0 Å². The summed E-state index contributed by atoms with van der Waals surface area (Å²) >= 11 is 0. The zero-order valence-electron chi connectivity index (χ0n) is 11.5. The van der Waals surface area contributed by atoms with Gasteiger partial charge in [0.2, 0.25) is 0 Å². The van der Waals surface area contributed by atoms with Crippen LogP contribution in [-0.4, -0.2) is 23.5 Å². The van der Waals surface area contributed by atoms with Gasteiger partial charge in [-0.25, -0.2) is 0 Å². The zero-order chi connectivity index (χ0) is 14.3. The summed E-state index contributed by atoms with van der Waals surface area (Å²) in [5, 5.41) is 11.1. The van der Waals surface area contributed by atoms with Crippen LogP contribution in [0.1, 0.15) is 42.6 Å². The second kappa shape index (κ2) is 7.56. The quantitative estimate of drug-likeness (QED) is 0.794. The average molecular weight is 263 g/mol. The number of rotatable bonds is 7. The lowest BCUT2D eigenvalue weighted by Gasteiger charge is -2.06. The highest BCUT2D eigenvalue weighted by Gasteiger charge is 2.06. The van der Waals surface area contributed by atoms with Crippen molar-refractivity contribution in [2.45, 2.75) is 33.1 Å². The summed E-state index contributed by atoms with van der Waals surface area (Å²) < 4.78 is 0. The second-order valence-electron chi connectivity index (χ2n) is 5.03. The van der Waals surface area contributed by atoms with E-state index in [1.54, 1.807) is 12.1 Å². The van der Waals surface area contributed by atoms with Crippen LogP contribution < -0.4 is 5.32 Å². The molecular formula is C15H21NO3. The molecule has 0 heterocycles. The van der Waals surface area contributed by atoms with E-state index >= 15 is 0 Å². The van der Waals surface area contributed by atoms with Gasteiger partial charge in [0, 0.05) is 12.1 Å². The molecule has 0 fully saturated rings. The van der Waals surface area contributed by atoms with Crippen molar-refractivity contribution >= 4 is 11.9 Å². The van der Waals surface area contributed by atoms with Crippen molar-refractivity contribution < 1.29 is 14.7 Å². The standard InChI is InChI=1S/C15H21NO3/c1-11(2)3-4-12-5-7-13(8-6-12)15(19)16-10-9-14(17)18/h5-8,11H,3-4,9-10H2,1-2H3,(H,16,19)(H,17,18). The Hall–Kier alpha value is -1.84. The number of carbonyl (C=O) groups excluding carboxylic acids is 1. The lowest BCUT2D eigenvalue weighted by Crippen LogP contribution is -2.25. The Balaban J connectivity index is 2.46. The third kappa shape index (κ3) is 6.04. The van der Waals surface area contributed by atoms with Crippen molar-refractivity contribution in [2.75, 3.05) is 6.54 Å². The van der Waals surface area contributed by atoms with Gasteiger partial charge in [-0.2, -0.15) is 0 Å². The molecule has 1 aromatic rings. The molecule has 1 aromatic carbocycles. The number of carbonyl (C=O) groups is 2. The largest absolute Gasteiger partial charge is 0.481 e. The van der Waals surface area contributed by atoms with Crippen LogP contribution in [0.2, 0.25) is 0 Å². The Bertz CT molecular complexity index is 424. The number of carboxylic acids is 1. The van der Waals surface area contributed by atoms with Gasteiger partial charge in [-0.05, 0) is 36.5 Å². The first-order chi connectivity index (χ1) is 8.99. The number of aryl methyl sites for hydroxylation is 1. The normalized spacial score (nSPS) is 10.5. The first kappa shape index (κ1) is 15.2. The first-order valence-corrected chi connectivity index (χ1v) is 6.58. The predicted octanol–water partition coefficient (Wildman–Crippen LogP) is 2.48. The first-order valence-electron chi connectivity index (χ1n) is 6.58. The summed E-state index contributed by atoms with van der Waals surface area (Å²) in [5.41, 5.74) is 1.79. The highest BCUT2D eigenvalue weighted by atomic mass is 16.4. The van der Waals surface area contributed by atoms with Crippen LogP contribution in [0.3, 0.4) is 0 Å². The Morgan fingerprint density at radius 3 is 2.37 bits per heavy atom. The van der Waals surface area contributed by atoms with Gasteiger partial charge >= 0.3 is 5.97 Å². The van der Waals surface area contributed by atoms with Crippen LogP contribution in [-0.2, 0) is 11.2 Å². The monoisotopic (exact) mass is 263 g/mol. The molecule has 0 bridgehead atoms. The average Bonchev–Trinajstić information content (AvgIpc) is 2.36. The van der Waals surface area contributed by atoms with Crippen molar-refractivity contribution in [1.82, 2.24) is 5.32 Å². The smallest absolute Gasteiger partial charge is 0.305 e. The fourth-order valence-electron chi connectivity index (χ4n) is 1.66. The van der Waals surface area contributed by atoms with Crippen LogP contribution in [0.15, 0.2) is 24.3 Å². The highest BCUT2D eigenvalue weighted by molar-refractivity contribution is 5.94. The molecule has 0 aliphatic rings. The van der Waals surface area contributed by atoms with E-state index in [4.69, 9.17) is 5.11 Å². The highest BCUT2D eigenvalue weighted by Crippen LogP contribution is 2.10. The summed E-state index contributed by atoms with van der Waals surface area (Å²) in [7, 11) is 0. The molecule has 0 saturated heterocycles. The third-order valence-electron chi connectivity index (χ3n) is 2.85. The minimum Gasteiger partial charge on any atom is -0.481 e. The molecule has 4 nitrogen and oxygen atoms in total. The number of aliphatic carboxylic acids is 1. The van der Waals surface area contributed by atoms with E-state index in [-0.39, 0.29) is 18.9 Å². The maximum atomic E-state index is 11.7. The predicted molar refractivity (Wildman–Crippen MR) is 74.2 cm³/mol. The van der Waals surface area contributed by atoms with E-state index in [2.05, 4.69) is 19.2 Å². The Morgan fingerprint density at radius 2 is 1.84 bits per heavy atom. The van der Waals surface area contributed by atoms with Crippen LogP contribution >= 0.6 is 0 Å². The number of amides is 1. The number of hydrogen-bond donors (Lipinski definition) is 2. The molecule has 104 valence electrons. The van der Waals surface area contributed by atoms with Crippen molar-refractivity contribution in [1.29, 1.82) is 0 Å². The van der Waals surface area contributed by atoms with Crippen LogP contribution in [0.4, 0.5) is 0 Å². The van der Waals surface area contributed by atoms with E-state index in [0.717, 1.165) is 12.8 Å². The molecule has 4 heteroatoms. The molecule has 0 atom stereocenters. The fourth-order valence-corrected chi connectivity index (χ4v) is 1.66. The molecule has 0 aromatic heterocycles. The van der Waals surface area contributed by atoms with Gasteiger partial charge in [0.05, 0.1) is 6.42 Å². The molecule has 0 radical (unpaired) electrons. The molecular weight excluding hydrogens is 242 g/mol. The Kier molecular flexibility index (Phi) is 6.06. The number of nitrogens with one attached hydrogen (secondary N) is 1. The van der Waals surface area contributed by atoms with Gasteiger partial charge in [0.15, 0.2) is 0 Å².